The van der Waals surface area contributed by atoms with Gasteiger partial charge in [0.25, 0.3) is 5.91 Å². The second-order valence-electron chi connectivity index (χ2n) is 6.32. The standard InChI is InChI=1S/C20H24ClN3O3/c1-3-27-19-16(21)10-15(11-17(19)26-2)20(25)23-13-14-6-7-18(22-12-14)24-8-4-5-9-24/h6-7,10-12H,3-5,8-9,13H2,1-2H3,(H,23,25). The van der Waals surface area contributed by atoms with Crippen LogP contribution in [0.25, 0.3) is 0 Å². The molecule has 0 bridgehead atoms. The number of pyridine rings is 1. The summed E-state index contributed by atoms with van der Waals surface area (Å²) in [5.41, 5.74) is 1.36. The van der Waals surface area contributed by atoms with Gasteiger partial charge in [0.15, 0.2) is 11.5 Å². The highest BCUT2D eigenvalue weighted by atomic mass is 35.5. The second-order valence-corrected chi connectivity index (χ2v) is 6.73. The number of carbonyl (C=O) groups is 1. The number of amides is 1. The Labute approximate surface area is 164 Å². The van der Waals surface area contributed by atoms with Crippen molar-refractivity contribution in [3.8, 4) is 11.5 Å². The summed E-state index contributed by atoms with van der Waals surface area (Å²) >= 11 is 6.23. The molecule has 1 amide bonds. The van der Waals surface area contributed by atoms with Gasteiger partial charge in [-0.25, -0.2) is 4.98 Å². The molecule has 7 heteroatoms. The molecule has 1 aromatic carbocycles. The van der Waals surface area contributed by atoms with E-state index in [-0.39, 0.29) is 5.91 Å². The van der Waals surface area contributed by atoms with Crippen LogP contribution in [0.5, 0.6) is 11.5 Å². The molecular formula is C20H24ClN3O3. The molecule has 6 nitrogen and oxygen atoms in total. The smallest absolute Gasteiger partial charge is 0.251 e. The number of methoxy groups -OCH3 is 1. The Morgan fingerprint density at radius 2 is 2.07 bits per heavy atom. The van der Waals surface area contributed by atoms with Crippen molar-refractivity contribution in [1.82, 2.24) is 10.3 Å². The summed E-state index contributed by atoms with van der Waals surface area (Å²) < 4.78 is 10.8. The number of anilines is 1. The Kier molecular flexibility index (Phi) is 6.40. The summed E-state index contributed by atoms with van der Waals surface area (Å²) in [4.78, 5) is 19.3. The number of nitrogens with one attached hydrogen (secondary N) is 1. The van der Waals surface area contributed by atoms with Crippen LogP contribution in [0.15, 0.2) is 30.5 Å². The summed E-state index contributed by atoms with van der Waals surface area (Å²) in [6.45, 7) is 4.83. The van der Waals surface area contributed by atoms with E-state index in [0.717, 1.165) is 24.5 Å². The highest BCUT2D eigenvalue weighted by Crippen LogP contribution is 2.36. The minimum atomic E-state index is -0.234. The minimum Gasteiger partial charge on any atom is -0.493 e. The van der Waals surface area contributed by atoms with Crippen LogP contribution in [0, 0.1) is 0 Å². The number of hydrogen-bond acceptors (Lipinski definition) is 5. The summed E-state index contributed by atoms with van der Waals surface area (Å²) in [6, 6.07) is 7.20. The molecule has 1 fully saturated rings. The maximum atomic E-state index is 12.5. The van der Waals surface area contributed by atoms with Crippen LogP contribution in [0.1, 0.15) is 35.7 Å². The van der Waals surface area contributed by atoms with E-state index in [2.05, 4.69) is 15.2 Å². The average Bonchev–Trinajstić information content (AvgIpc) is 3.22. The second kappa shape index (κ2) is 8.95. The van der Waals surface area contributed by atoms with Crippen LogP contribution in [-0.4, -0.2) is 37.7 Å². The zero-order valence-electron chi connectivity index (χ0n) is 15.6. The lowest BCUT2D eigenvalue weighted by molar-refractivity contribution is 0.0950. The molecule has 1 aliphatic heterocycles. The van der Waals surface area contributed by atoms with E-state index in [9.17, 15) is 4.79 Å². The molecule has 0 unspecified atom stereocenters. The third-order valence-electron chi connectivity index (χ3n) is 4.47. The summed E-state index contributed by atoms with van der Waals surface area (Å²) in [7, 11) is 1.52. The van der Waals surface area contributed by atoms with Crippen LogP contribution < -0.4 is 19.7 Å². The number of halogens is 1. The van der Waals surface area contributed by atoms with Crippen LogP contribution >= 0.6 is 11.6 Å². The van der Waals surface area contributed by atoms with Crippen molar-refractivity contribution in [3.63, 3.8) is 0 Å². The first-order valence-corrected chi connectivity index (χ1v) is 9.48. The summed E-state index contributed by atoms with van der Waals surface area (Å²) in [5.74, 6) is 1.64. The lowest BCUT2D eigenvalue weighted by Gasteiger charge is -2.16. The van der Waals surface area contributed by atoms with Crippen LogP contribution in [-0.2, 0) is 6.54 Å². The first kappa shape index (κ1) is 19.3. The van der Waals surface area contributed by atoms with Crippen molar-refractivity contribution < 1.29 is 14.3 Å². The molecule has 1 aromatic heterocycles. The maximum absolute atomic E-state index is 12.5. The van der Waals surface area contributed by atoms with Gasteiger partial charge in [-0.05, 0) is 43.5 Å². The van der Waals surface area contributed by atoms with Crippen molar-refractivity contribution in [2.24, 2.45) is 0 Å². The van der Waals surface area contributed by atoms with Crippen LogP contribution in [0.4, 0.5) is 5.82 Å². The number of hydrogen-bond donors (Lipinski definition) is 1. The van der Waals surface area contributed by atoms with Crippen LogP contribution in [0.2, 0.25) is 5.02 Å². The molecule has 0 aliphatic carbocycles. The number of ether oxygens (including phenoxy) is 2. The van der Waals surface area contributed by atoms with E-state index in [0.29, 0.717) is 35.2 Å². The lowest BCUT2D eigenvalue weighted by Crippen LogP contribution is -2.23. The third kappa shape index (κ3) is 4.63. The van der Waals surface area contributed by atoms with Gasteiger partial charge in [0.05, 0.1) is 18.7 Å². The predicted octanol–water partition coefficient (Wildman–Crippen LogP) is 3.67. The van der Waals surface area contributed by atoms with E-state index in [1.807, 2.05) is 19.1 Å². The Morgan fingerprint density at radius 3 is 2.70 bits per heavy atom. The van der Waals surface area contributed by atoms with E-state index in [1.54, 1.807) is 18.3 Å². The molecule has 1 saturated heterocycles. The van der Waals surface area contributed by atoms with Gasteiger partial charge >= 0.3 is 0 Å². The normalized spacial score (nSPS) is 13.5. The number of aromatic nitrogens is 1. The van der Waals surface area contributed by atoms with Gasteiger partial charge in [0.1, 0.15) is 5.82 Å². The fourth-order valence-electron chi connectivity index (χ4n) is 3.07. The van der Waals surface area contributed by atoms with Crippen molar-refractivity contribution in [1.29, 1.82) is 0 Å². The van der Waals surface area contributed by atoms with Gasteiger partial charge in [-0.1, -0.05) is 17.7 Å². The highest BCUT2D eigenvalue weighted by Gasteiger charge is 2.16. The van der Waals surface area contributed by atoms with Gasteiger partial charge in [-0.15, -0.1) is 0 Å². The van der Waals surface area contributed by atoms with E-state index in [4.69, 9.17) is 21.1 Å². The first-order valence-electron chi connectivity index (χ1n) is 9.10. The monoisotopic (exact) mass is 389 g/mol. The average molecular weight is 390 g/mol. The van der Waals surface area contributed by atoms with E-state index >= 15 is 0 Å². The van der Waals surface area contributed by atoms with Crippen LogP contribution in [0.3, 0.4) is 0 Å². The topological polar surface area (TPSA) is 63.7 Å². The number of nitrogens with zero attached hydrogens (tertiary/aromatic N) is 2. The lowest BCUT2D eigenvalue weighted by atomic mass is 10.1. The Bertz CT molecular complexity index is 790. The minimum absolute atomic E-state index is 0.234. The third-order valence-corrected chi connectivity index (χ3v) is 4.75. The quantitative estimate of drug-likeness (QED) is 0.782. The van der Waals surface area contributed by atoms with Crippen molar-refractivity contribution >= 4 is 23.3 Å². The fraction of sp³-hybridized carbons (Fsp3) is 0.400. The molecule has 27 heavy (non-hydrogen) atoms. The van der Waals surface area contributed by atoms with Crippen molar-refractivity contribution in [2.75, 3.05) is 31.7 Å². The Morgan fingerprint density at radius 1 is 1.30 bits per heavy atom. The molecule has 0 radical (unpaired) electrons. The maximum Gasteiger partial charge on any atom is 0.251 e. The number of rotatable bonds is 7. The van der Waals surface area contributed by atoms with Gasteiger partial charge in [0, 0.05) is 31.4 Å². The fourth-order valence-corrected chi connectivity index (χ4v) is 3.34. The SMILES string of the molecule is CCOc1c(Cl)cc(C(=O)NCc2ccc(N3CCCC3)nc2)cc1OC. The van der Waals surface area contributed by atoms with Gasteiger partial charge in [0.2, 0.25) is 0 Å². The molecule has 1 N–H and O–H groups in total. The molecule has 1 aliphatic rings. The van der Waals surface area contributed by atoms with Gasteiger partial charge in [-0.2, -0.15) is 0 Å². The summed E-state index contributed by atoms with van der Waals surface area (Å²) in [5, 5.41) is 3.23. The summed E-state index contributed by atoms with van der Waals surface area (Å²) in [6.07, 6.45) is 4.24. The Hall–Kier alpha value is -2.47. The molecule has 2 heterocycles. The van der Waals surface area contributed by atoms with Crippen molar-refractivity contribution in [3.05, 3.63) is 46.6 Å². The molecule has 0 saturated carbocycles. The van der Waals surface area contributed by atoms with E-state index < -0.39 is 0 Å². The Balaban J connectivity index is 1.64. The first-order chi connectivity index (χ1) is 13.1. The van der Waals surface area contributed by atoms with Gasteiger partial charge < -0.3 is 19.7 Å². The molecule has 3 rings (SSSR count). The molecular weight excluding hydrogens is 366 g/mol. The highest BCUT2D eigenvalue weighted by molar-refractivity contribution is 6.32. The van der Waals surface area contributed by atoms with E-state index in [1.165, 1.54) is 20.0 Å². The van der Waals surface area contributed by atoms with Crippen molar-refractivity contribution in [2.45, 2.75) is 26.3 Å². The molecule has 144 valence electrons. The largest absolute Gasteiger partial charge is 0.493 e. The molecule has 0 spiro atoms. The zero-order chi connectivity index (χ0) is 19.2. The molecule has 0 atom stereocenters. The number of carbonyl (C=O) groups excluding carboxylic acids is 1. The molecule has 2 aromatic rings. The zero-order valence-corrected chi connectivity index (χ0v) is 16.4. The number of benzene rings is 1. The van der Waals surface area contributed by atoms with Gasteiger partial charge in [-0.3, -0.25) is 4.79 Å². The predicted molar refractivity (Wildman–Crippen MR) is 106 cm³/mol.